The quantitative estimate of drug-likeness (QED) is 0.622. The zero-order chi connectivity index (χ0) is 13.1. The number of nitrogens with one attached hydrogen (secondary N) is 2. The van der Waals surface area contributed by atoms with Crippen LogP contribution < -0.4 is 10.6 Å². The number of alkyl halides is 3. The number of rotatable bonds is 2. The third-order valence-electron chi connectivity index (χ3n) is 1.80. The lowest BCUT2D eigenvalue weighted by molar-refractivity contribution is -0.144. The maximum Gasteiger partial charge on any atom is 0.485 e. The molecule has 2 N–H and O–H groups in total. The van der Waals surface area contributed by atoms with Gasteiger partial charge < -0.3 is 5.32 Å². The van der Waals surface area contributed by atoms with Gasteiger partial charge in [0.1, 0.15) is 0 Å². The molecule has 0 aromatic heterocycles. The van der Waals surface area contributed by atoms with Crippen LogP contribution in [0.3, 0.4) is 0 Å². The molecular formula is C10H9F3N2O2. The van der Waals surface area contributed by atoms with Gasteiger partial charge in [-0.25, -0.2) is 10.1 Å². The van der Waals surface area contributed by atoms with Gasteiger partial charge in [-0.3, -0.25) is 4.79 Å². The Morgan fingerprint density at radius 2 is 1.65 bits per heavy atom. The molecule has 0 saturated carbocycles. The van der Waals surface area contributed by atoms with Crippen LogP contribution >= 0.6 is 0 Å². The van der Waals surface area contributed by atoms with Crippen LogP contribution in [0.5, 0.6) is 0 Å². The van der Waals surface area contributed by atoms with Gasteiger partial charge in [0.15, 0.2) is 5.78 Å². The van der Waals surface area contributed by atoms with E-state index in [0.717, 1.165) is 5.32 Å². The summed E-state index contributed by atoms with van der Waals surface area (Å²) < 4.78 is 35.3. The number of carbonyl (C=O) groups is 2. The molecule has 4 nitrogen and oxygen atoms in total. The Morgan fingerprint density at radius 3 is 2.06 bits per heavy atom. The summed E-state index contributed by atoms with van der Waals surface area (Å²) >= 11 is 0. The Bertz CT molecular complexity index is 426. The topological polar surface area (TPSA) is 58.2 Å². The first-order chi connectivity index (χ1) is 7.78. The lowest BCUT2D eigenvalue weighted by Gasteiger charge is -2.09. The van der Waals surface area contributed by atoms with E-state index in [-0.39, 0.29) is 11.5 Å². The molecule has 0 unspecified atom stereocenters. The highest BCUT2D eigenvalue weighted by molar-refractivity contribution is 5.95. The van der Waals surface area contributed by atoms with Gasteiger partial charge in [0.2, 0.25) is 0 Å². The van der Waals surface area contributed by atoms with Crippen LogP contribution in [0.25, 0.3) is 0 Å². The summed E-state index contributed by atoms with van der Waals surface area (Å²) in [6.07, 6.45) is -4.77. The summed E-state index contributed by atoms with van der Waals surface area (Å²) in [6, 6.07) is 4.12. The van der Waals surface area contributed by atoms with Crippen molar-refractivity contribution < 1.29 is 22.8 Å². The van der Waals surface area contributed by atoms with Gasteiger partial charge in [-0.2, -0.15) is 13.2 Å². The summed E-state index contributed by atoms with van der Waals surface area (Å²) in [6.45, 7) is 1.36. The first-order valence-electron chi connectivity index (χ1n) is 4.55. The standard InChI is InChI=1S/C10H9F3N2O2/c1-6(16)7-2-4-8(5-3-7)14-9(17)15-10(11,12)13/h2-5H,1H3,(H2,14,15,17). The second-order valence-electron chi connectivity index (χ2n) is 3.21. The molecule has 0 saturated heterocycles. The van der Waals surface area contributed by atoms with Crippen LogP contribution in [0.15, 0.2) is 24.3 Å². The first-order valence-corrected chi connectivity index (χ1v) is 4.55. The Morgan fingerprint density at radius 1 is 1.12 bits per heavy atom. The predicted molar refractivity (Wildman–Crippen MR) is 54.7 cm³/mol. The van der Waals surface area contributed by atoms with Gasteiger partial charge >= 0.3 is 12.3 Å². The number of hydrogen-bond donors (Lipinski definition) is 2. The van der Waals surface area contributed by atoms with Crippen LogP contribution in [0, 0.1) is 0 Å². The average Bonchev–Trinajstić information content (AvgIpc) is 2.15. The number of benzene rings is 1. The monoisotopic (exact) mass is 246 g/mol. The molecule has 1 aromatic carbocycles. The number of amides is 2. The zero-order valence-electron chi connectivity index (χ0n) is 8.76. The minimum Gasteiger partial charge on any atom is -0.308 e. The number of urea groups is 1. The van der Waals surface area contributed by atoms with Crippen LogP contribution in [-0.4, -0.2) is 18.1 Å². The highest BCUT2D eigenvalue weighted by atomic mass is 19.4. The molecule has 0 aliphatic carbocycles. The van der Waals surface area contributed by atoms with Crippen LogP contribution in [0.1, 0.15) is 17.3 Å². The van der Waals surface area contributed by atoms with Gasteiger partial charge in [0.05, 0.1) is 0 Å². The largest absolute Gasteiger partial charge is 0.485 e. The Labute approximate surface area is 94.8 Å². The van der Waals surface area contributed by atoms with Gasteiger partial charge in [-0.1, -0.05) is 0 Å². The minimum atomic E-state index is -4.77. The third-order valence-corrected chi connectivity index (χ3v) is 1.80. The van der Waals surface area contributed by atoms with Gasteiger partial charge in [-0.15, -0.1) is 0 Å². The zero-order valence-corrected chi connectivity index (χ0v) is 8.76. The number of ketones is 1. The van der Waals surface area contributed by atoms with Gasteiger partial charge in [-0.05, 0) is 31.2 Å². The average molecular weight is 246 g/mol. The van der Waals surface area contributed by atoms with E-state index in [2.05, 4.69) is 0 Å². The number of anilines is 1. The van der Waals surface area contributed by atoms with Crippen LogP contribution in [0.4, 0.5) is 23.7 Å². The second kappa shape index (κ2) is 4.86. The normalized spacial score (nSPS) is 10.8. The Hall–Kier alpha value is -2.05. The van der Waals surface area contributed by atoms with E-state index in [1.165, 1.54) is 31.2 Å². The van der Waals surface area contributed by atoms with Crippen molar-refractivity contribution in [3.05, 3.63) is 29.8 Å². The summed E-state index contributed by atoms with van der Waals surface area (Å²) in [7, 11) is 0. The van der Waals surface area contributed by atoms with Crippen molar-refractivity contribution in [1.29, 1.82) is 0 Å². The third kappa shape index (κ3) is 4.54. The number of carbonyl (C=O) groups excluding carboxylic acids is 2. The Kier molecular flexibility index (Phi) is 3.72. The molecule has 0 atom stereocenters. The fraction of sp³-hybridized carbons (Fsp3) is 0.200. The molecule has 0 radical (unpaired) electrons. The molecule has 1 rings (SSSR count). The smallest absolute Gasteiger partial charge is 0.308 e. The molecule has 92 valence electrons. The van der Waals surface area contributed by atoms with E-state index in [1.807, 2.05) is 5.32 Å². The summed E-state index contributed by atoms with van der Waals surface area (Å²) in [4.78, 5) is 21.8. The molecule has 1 aromatic rings. The predicted octanol–water partition coefficient (Wildman–Crippen LogP) is 2.53. The molecule has 2 amide bonds. The fourth-order valence-electron chi connectivity index (χ4n) is 1.08. The van der Waals surface area contributed by atoms with E-state index in [4.69, 9.17) is 0 Å². The van der Waals surface area contributed by atoms with E-state index >= 15 is 0 Å². The van der Waals surface area contributed by atoms with E-state index < -0.39 is 12.3 Å². The lowest BCUT2D eigenvalue weighted by atomic mass is 10.1. The van der Waals surface area contributed by atoms with Gasteiger partial charge in [0, 0.05) is 11.3 Å². The number of Topliss-reactive ketones (excluding diaryl/α,β-unsaturated/α-hetero) is 1. The maximum absolute atomic E-state index is 11.8. The van der Waals surface area contributed by atoms with Crippen molar-refractivity contribution in [2.24, 2.45) is 0 Å². The van der Waals surface area contributed by atoms with E-state index in [1.54, 1.807) is 0 Å². The van der Waals surface area contributed by atoms with Crippen molar-refractivity contribution in [2.75, 3.05) is 5.32 Å². The van der Waals surface area contributed by atoms with Gasteiger partial charge in [0.25, 0.3) is 0 Å². The summed E-state index contributed by atoms with van der Waals surface area (Å²) in [5.74, 6) is -0.170. The van der Waals surface area contributed by atoms with Crippen molar-refractivity contribution >= 4 is 17.5 Å². The highest BCUT2D eigenvalue weighted by Crippen LogP contribution is 2.12. The Balaban J connectivity index is 2.64. The molecule has 0 fully saturated rings. The molecule has 7 heteroatoms. The number of hydrogen-bond acceptors (Lipinski definition) is 2. The molecule has 17 heavy (non-hydrogen) atoms. The molecule has 0 heterocycles. The van der Waals surface area contributed by atoms with Crippen molar-refractivity contribution in [3.63, 3.8) is 0 Å². The lowest BCUT2D eigenvalue weighted by Crippen LogP contribution is -2.40. The van der Waals surface area contributed by atoms with Crippen molar-refractivity contribution in [2.45, 2.75) is 13.2 Å². The maximum atomic E-state index is 11.8. The fourth-order valence-corrected chi connectivity index (χ4v) is 1.08. The van der Waals surface area contributed by atoms with Crippen molar-refractivity contribution in [3.8, 4) is 0 Å². The first kappa shape index (κ1) is 13.0. The summed E-state index contributed by atoms with van der Waals surface area (Å²) in [5, 5.41) is 2.77. The SMILES string of the molecule is CC(=O)c1ccc(NC(=O)NC(F)(F)F)cc1. The minimum absolute atomic E-state index is 0.164. The highest BCUT2D eigenvalue weighted by Gasteiger charge is 2.29. The molecular weight excluding hydrogens is 237 g/mol. The summed E-state index contributed by atoms with van der Waals surface area (Å²) in [5.41, 5.74) is 0.573. The molecule has 0 spiro atoms. The second-order valence-corrected chi connectivity index (χ2v) is 3.21. The van der Waals surface area contributed by atoms with E-state index in [0.29, 0.717) is 5.56 Å². The van der Waals surface area contributed by atoms with Crippen molar-refractivity contribution in [1.82, 2.24) is 5.32 Å². The van der Waals surface area contributed by atoms with E-state index in [9.17, 15) is 22.8 Å². The molecule has 0 aliphatic heterocycles. The molecule has 0 aliphatic rings. The van der Waals surface area contributed by atoms with Crippen LogP contribution in [0.2, 0.25) is 0 Å². The van der Waals surface area contributed by atoms with Crippen LogP contribution in [-0.2, 0) is 0 Å². The number of halogens is 3. The molecule has 0 bridgehead atoms.